The molecule has 2 aliphatic rings. The normalized spacial score (nSPS) is 20.0. The van der Waals surface area contributed by atoms with Gasteiger partial charge >= 0.3 is 0 Å². The number of aliphatic imine (C=N–C) groups is 1. The third-order valence-corrected chi connectivity index (χ3v) is 8.10. The van der Waals surface area contributed by atoms with Crippen LogP contribution >= 0.6 is 11.6 Å². The minimum Gasteiger partial charge on any atom is -0.469 e. The van der Waals surface area contributed by atoms with Crippen LogP contribution in [0.1, 0.15) is 52.0 Å². The molecular formula is C29H43ClN6O5. The van der Waals surface area contributed by atoms with Gasteiger partial charge in [0, 0.05) is 38.2 Å². The lowest BCUT2D eigenvalue weighted by Gasteiger charge is -2.43. The van der Waals surface area contributed by atoms with E-state index in [4.69, 9.17) is 22.1 Å². The van der Waals surface area contributed by atoms with Crippen LogP contribution in [0.15, 0.2) is 29.3 Å². The van der Waals surface area contributed by atoms with Gasteiger partial charge in [0.15, 0.2) is 0 Å². The van der Waals surface area contributed by atoms with Crippen LogP contribution in [0.3, 0.4) is 0 Å². The van der Waals surface area contributed by atoms with Gasteiger partial charge in [0.25, 0.3) is 11.9 Å². The number of carbonyl (C=O) groups is 4. The number of Topliss-reactive ketones (excluding diaryl/α,β-unsaturated/α-hetero) is 1. The van der Waals surface area contributed by atoms with E-state index in [2.05, 4.69) is 15.6 Å². The fourth-order valence-electron chi connectivity index (χ4n) is 5.19. The molecule has 1 saturated heterocycles. The number of carbonyl (C=O) groups excluding carboxylic acids is 4. The number of methoxy groups -OCH3 is 1. The van der Waals surface area contributed by atoms with Crippen LogP contribution in [0.25, 0.3) is 0 Å². The Hall–Kier alpha value is -3.18. The number of benzene rings is 1. The largest absolute Gasteiger partial charge is 0.469 e. The molecular weight excluding hydrogens is 548 g/mol. The summed E-state index contributed by atoms with van der Waals surface area (Å²) in [6.07, 6.45) is 3.31. The Balaban J connectivity index is 1.86. The lowest BCUT2D eigenvalue weighted by molar-refractivity contribution is -0.143. The molecule has 2 fully saturated rings. The van der Waals surface area contributed by atoms with E-state index in [1.165, 1.54) is 7.11 Å². The highest BCUT2D eigenvalue weighted by Crippen LogP contribution is 2.31. The van der Waals surface area contributed by atoms with Gasteiger partial charge < -0.3 is 26.0 Å². The maximum Gasteiger partial charge on any atom is 0.287 e. The number of halogens is 1. The van der Waals surface area contributed by atoms with Gasteiger partial charge in [-0.15, -0.1) is 0 Å². The Kier molecular flexibility index (Phi) is 11.1. The second kappa shape index (κ2) is 14.1. The van der Waals surface area contributed by atoms with E-state index in [-0.39, 0.29) is 24.4 Å². The average molecular weight is 591 g/mol. The van der Waals surface area contributed by atoms with Gasteiger partial charge in [-0.25, -0.2) is 4.99 Å². The molecule has 1 saturated carbocycles. The number of nitrogens with zero attached hydrogens (tertiary/aromatic N) is 3. The zero-order chi connectivity index (χ0) is 30.3. The fraction of sp³-hybridized carbons (Fsp3) is 0.621. The lowest BCUT2D eigenvalue weighted by atomic mass is 9.80. The number of hydrogen-bond acceptors (Lipinski definition) is 7. The van der Waals surface area contributed by atoms with Crippen molar-refractivity contribution in [3.05, 3.63) is 34.9 Å². The van der Waals surface area contributed by atoms with Crippen molar-refractivity contribution >= 4 is 41.1 Å². The van der Waals surface area contributed by atoms with Gasteiger partial charge in [0.2, 0.25) is 17.6 Å². The molecule has 3 amide bonds. The van der Waals surface area contributed by atoms with Crippen molar-refractivity contribution in [2.24, 2.45) is 22.1 Å². The number of ether oxygens (including phenoxy) is 1. The monoisotopic (exact) mass is 590 g/mol. The second-order valence-electron chi connectivity index (χ2n) is 11.9. The van der Waals surface area contributed by atoms with Crippen molar-refractivity contribution in [1.29, 1.82) is 0 Å². The third kappa shape index (κ3) is 8.65. The Bertz CT molecular complexity index is 1130. The van der Waals surface area contributed by atoms with Crippen LogP contribution < -0.4 is 16.4 Å². The molecule has 1 aromatic rings. The summed E-state index contributed by atoms with van der Waals surface area (Å²) in [5.41, 5.74) is 5.78. The zero-order valence-electron chi connectivity index (χ0n) is 24.6. The zero-order valence-corrected chi connectivity index (χ0v) is 25.4. The van der Waals surface area contributed by atoms with Crippen molar-refractivity contribution in [3.8, 4) is 0 Å². The van der Waals surface area contributed by atoms with Gasteiger partial charge in [-0.3, -0.25) is 24.1 Å². The minimum atomic E-state index is -1.07. The van der Waals surface area contributed by atoms with Gasteiger partial charge in [-0.1, -0.05) is 63.8 Å². The van der Waals surface area contributed by atoms with E-state index in [1.807, 2.05) is 37.8 Å². The van der Waals surface area contributed by atoms with Crippen LogP contribution in [0, 0.1) is 11.3 Å². The maximum atomic E-state index is 13.9. The summed E-state index contributed by atoms with van der Waals surface area (Å²) in [6.45, 7) is 7.15. The first-order valence-electron chi connectivity index (χ1n) is 14.0. The Morgan fingerprint density at radius 3 is 2.29 bits per heavy atom. The van der Waals surface area contributed by atoms with E-state index < -0.39 is 41.1 Å². The Morgan fingerprint density at radius 1 is 1.12 bits per heavy atom. The lowest BCUT2D eigenvalue weighted by Crippen LogP contribution is -2.64. The summed E-state index contributed by atoms with van der Waals surface area (Å²) in [6, 6.07) is 5.15. The fourth-order valence-corrected chi connectivity index (χ4v) is 5.31. The summed E-state index contributed by atoms with van der Waals surface area (Å²) in [5, 5.41) is 6.52. The second-order valence-corrected chi connectivity index (χ2v) is 12.3. The van der Waals surface area contributed by atoms with Crippen molar-refractivity contribution in [1.82, 2.24) is 20.4 Å². The predicted octanol–water partition coefficient (Wildman–Crippen LogP) is 1.72. The molecule has 12 heteroatoms. The van der Waals surface area contributed by atoms with Gasteiger partial charge in [-0.2, -0.15) is 0 Å². The molecule has 0 aromatic heterocycles. The number of nitrogens with two attached hydrogens (primary N) is 1. The molecule has 1 aromatic carbocycles. The van der Waals surface area contributed by atoms with E-state index in [9.17, 15) is 19.2 Å². The Morgan fingerprint density at radius 2 is 1.78 bits per heavy atom. The maximum absolute atomic E-state index is 13.9. The van der Waals surface area contributed by atoms with E-state index in [1.54, 1.807) is 24.1 Å². The summed E-state index contributed by atoms with van der Waals surface area (Å²) in [5.74, 6) is -2.24. The van der Waals surface area contributed by atoms with Crippen molar-refractivity contribution < 1.29 is 23.9 Å². The standard InChI is InChI=1S/C29H43ClN6O5/c1-29(2,3)24(34-28(32-4)41-5)27(40)36-14-13-35(16-19-9-11-20(30)12-10-19)22(17-36)26(39)33-21(23(37)25(31)38)15-18-7-6-8-18/h9-12,18,21-22,24H,6-8,13-17H2,1-5H3,(H2,31,38)(H,32,34)(H,33,39)/t21?,22-,24-/m1/s1. The van der Waals surface area contributed by atoms with E-state index in [0.717, 1.165) is 24.8 Å². The van der Waals surface area contributed by atoms with E-state index in [0.29, 0.717) is 31.1 Å². The van der Waals surface area contributed by atoms with Crippen molar-refractivity contribution in [2.75, 3.05) is 33.8 Å². The number of nitrogens with one attached hydrogen (secondary N) is 2. The molecule has 0 bridgehead atoms. The minimum absolute atomic E-state index is 0.0962. The number of primary amides is 1. The van der Waals surface area contributed by atoms with Crippen LogP contribution in [-0.4, -0.2) is 91.2 Å². The highest BCUT2D eigenvalue weighted by molar-refractivity contribution is 6.37. The van der Waals surface area contributed by atoms with Crippen LogP contribution in [0.2, 0.25) is 5.02 Å². The van der Waals surface area contributed by atoms with Crippen LogP contribution in [-0.2, 0) is 30.5 Å². The predicted molar refractivity (Wildman–Crippen MR) is 157 cm³/mol. The molecule has 3 atom stereocenters. The van der Waals surface area contributed by atoms with Crippen molar-refractivity contribution in [2.45, 2.75) is 71.1 Å². The first-order valence-corrected chi connectivity index (χ1v) is 14.4. The molecule has 0 spiro atoms. The molecule has 226 valence electrons. The average Bonchev–Trinajstić information content (AvgIpc) is 2.90. The third-order valence-electron chi connectivity index (χ3n) is 7.85. The first-order chi connectivity index (χ1) is 19.3. The molecule has 3 rings (SSSR count). The Labute approximate surface area is 247 Å². The number of amidine groups is 1. The van der Waals surface area contributed by atoms with E-state index >= 15 is 0 Å². The van der Waals surface area contributed by atoms with Gasteiger partial charge in [0.05, 0.1) is 13.2 Å². The summed E-state index contributed by atoms with van der Waals surface area (Å²) in [7, 11) is 3.04. The SMILES string of the molecule is CN=C(N[C@H](C(=O)N1CCN(Cc2ccc(Cl)cc2)[C@@H](C(=O)NC(CC2CCC2)C(=O)C(N)=O)C1)C(C)(C)C)OC. The number of hydrogen-bond donors (Lipinski definition) is 3. The molecule has 0 radical (unpaired) electrons. The highest BCUT2D eigenvalue weighted by atomic mass is 35.5. The highest BCUT2D eigenvalue weighted by Gasteiger charge is 2.41. The molecule has 1 heterocycles. The summed E-state index contributed by atoms with van der Waals surface area (Å²) < 4.78 is 5.26. The number of rotatable bonds is 10. The molecule has 4 N–H and O–H groups in total. The van der Waals surface area contributed by atoms with Gasteiger partial charge in [-0.05, 0) is 35.4 Å². The molecule has 11 nitrogen and oxygen atoms in total. The molecule has 41 heavy (non-hydrogen) atoms. The number of amides is 3. The van der Waals surface area contributed by atoms with Crippen molar-refractivity contribution in [3.63, 3.8) is 0 Å². The first kappa shape index (κ1) is 32.3. The number of ketones is 1. The molecule has 1 aliphatic carbocycles. The molecule has 1 aliphatic heterocycles. The quantitative estimate of drug-likeness (QED) is 0.214. The smallest absolute Gasteiger partial charge is 0.287 e. The van der Waals surface area contributed by atoms with Crippen LogP contribution in [0.5, 0.6) is 0 Å². The summed E-state index contributed by atoms with van der Waals surface area (Å²) >= 11 is 6.07. The number of piperazine rings is 1. The summed E-state index contributed by atoms with van der Waals surface area (Å²) in [4.78, 5) is 59.8. The topological polar surface area (TPSA) is 146 Å². The van der Waals surface area contributed by atoms with Crippen LogP contribution in [0.4, 0.5) is 0 Å². The molecule has 1 unspecified atom stereocenters. The van der Waals surface area contributed by atoms with Gasteiger partial charge in [0.1, 0.15) is 12.1 Å².